The number of hydrogen-bond donors (Lipinski definition) is 1. The van der Waals surface area contributed by atoms with Crippen LogP contribution < -0.4 is 0 Å². The molecule has 0 amide bonds. The predicted octanol–water partition coefficient (Wildman–Crippen LogP) is 5.10. The molecule has 0 aromatic carbocycles. The Hall–Kier alpha value is -1.45. The van der Waals surface area contributed by atoms with Crippen molar-refractivity contribution < 1.29 is 19.5 Å². The van der Waals surface area contributed by atoms with Gasteiger partial charge < -0.3 is 5.11 Å². The zero-order valence-electron chi connectivity index (χ0n) is 15.7. The van der Waals surface area contributed by atoms with Gasteiger partial charge >= 0.3 is 5.97 Å². The van der Waals surface area contributed by atoms with Gasteiger partial charge in [-0.15, -0.1) is 0 Å². The lowest BCUT2D eigenvalue weighted by atomic mass is 9.89. The van der Waals surface area contributed by atoms with Crippen LogP contribution >= 0.6 is 0 Å². The van der Waals surface area contributed by atoms with Gasteiger partial charge in [0, 0.05) is 25.2 Å². The molecule has 0 spiro atoms. The van der Waals surface area contributed by atoms with E-state index in [0.29, 0.717) is 25.0 Å². The minimum absolute atomic E-state index is 0.0263. The van der Waals surface area contributed by atoms with E-state index in [1.807, 2.05) is 6.08 Å². The maximum atomic E-state index is 12.1. The SMILES string of the molecule is CCCCCCCC(=O)C=CC1CCC(=O)C1CCCCCC(=O)O. The molecule has 0 aliphatic heterocycles. The number of aliphatic carboxylic acids is 1. The molecule has 0 aromatic heterocycles. The second kappa shape index (κ2) is 12.8. The predicted molar refractivity (Wildman–Crippen MR) is 99.5 cm³/mol. The van der Waals surface area contributed by atoms with Crippen LogP contribution in [0.4, 0.5) is 0 Å². The molecule has 1 saturated carbocycles. The van der Waals surface area contributed by atoms with Gasteiger partial charge in [-0.2, -0.15) is 0 Å². The summed E-state index contributed by atoms with van der Waals surface area (Å²) in [5.41, 5.74) is 0. The molecule has 25 heavy (non-hydrogen) atoms. The van der Waals surface area contributed by atoms with Crippen molar-refractivity contribution in [1.82, 2.24) is 0 Å². The molecule has 1 rings (SSSR count). The number of carboxylic acid groups (broad SMARTS) is 1. The molecule has 1 N–H and O–H groups in total. The van der Waals surface area contributed by atoms with Crippen molar-refractivity contribution >= 4 is 17.5 Å². The molecule has 0 heterocycles. The molecule has 142 valence electrons. The zero-order chi connectivity index (χ0) is 18.5. The summed E-state index contributed by atoms with van der Waals surface area (Å²) < 4.78 is 0. The first-order valence-electron chi connectivity index (χ1n) is 10.00. The summed E-state index contributed by atoms with van der Waals surface area (Å²) in [6.07, 6.45) is 14.9. The molecule has 2 unspecified atom stereocenters. The smallest absolute Gasteiger partial charge is 0.303 e. The largest absolute Gasteiger partial charge is 0.481 e. The van der Waals surface area contributed by atoms with Gasteiger partial charge in [0.1, 0.15) is 5.78 Å². The Morgan fingerprint density at radius 2 is 1.72 bits per heavy atom. The van der Waals surface area contributed by atoms with Crippen LogP contribution in [0.25, 0.3) is 0 Å². The van der Waals surface area contributed by atoms with Crippen LogP contribution in [0.15, 0.2) is 12.2 Å². The highest BCUT2D eigenvalue weighted by molar-refractivity contribution is 5.90. The van der Waals surface area contributed by atoms with Crippen LogP contribution in [0.2, 0.25) is 0 Å². The highest BCUT2D eigenvalue weighted by Crippen LogP contribution is 2.33. The van der Waals surface area contributed by atoms with Gasteiger partial charge in [-0.05, 0) is 37.7 Å². The van der Waals surface area contributed by atoms with Crippen LogP contribution in [0, 0.1) is 11.8 Å². The van der Waals surface area contributed by atoms with Crippen LogP contribution in [0.3, 0.4) is 0 Å². The van der Waals surface area contributed by atoms with Crippen molar-refractivity contribution in [2.24, 2.45) is 11.8 Å². The Morgan fingerprint density at radius 3 is 2.44 bits per heavy atom. The quantitative estimate of drug-likeness (QED) is 0.349. The molecule has 0 bridgehead atoms. The summed E-state index contributed by atoms with van der Waals surface area (Å²) in [5.74, 6) is -0.0589. The number of allylic oxidation sites excluding steroid dienone is 2. The fourth-order valence-corrected chi connectivity index (χ4v) is 3.57. The van der Waals surface area contributed by atoms with Crippen molar-refractivity contribution in [2.45, 2.75) is 90.4 Å². The molecule has 0 saturated heterocycles. The second-order valence-corrected chi connectivity index (χ2v) is 7.26. The molecule has 1 aliphatic carbocycles. The molecular weight excluding hydrogens is 316 g/mol. The Morgan fingerprint density at radius 1 is 1.04 bits per heavy atom. The van der Waals surface area contributed by atoms with E-state index in [4.69, 9.17) is 5.11 Å². The van der Waals surface area contributed by atoms with E-state index in [1.54, 1.807) is 6.08 Å². The standard InChI is InChI=1S/C21H34O4/c1-2-3-4-5-7-10-18(22)15-13-17-14-16-20(23)19(17)11-8-6-9-12-21(24)25/h13,15,17,19H,2-12,14,16H2,1H3,(H,24,25). The summed E-state index contributed by atoms with van der Waals surface area (Å²) in [6, 6.07) is 0. The molecule has 2 atom stereocenters. The second-order valence-electron chi connectivity index (χ2n) is 7.26. The monoisotopic (exact) mass is 350 g/mol. The number of Topliss-reactive ketones (excluding diaryl/α,β-unsaturated/α-hetero) is 1. The van der Waals surface area contributed by atoms with Crippen molar-refractivity contribution in [1.29, 1.82) is 0 Å². The molecule has 1 aliphatic rings. The average molecular weight is 350 g/mol. The lowest BCUT2D eigenvalue weighted by Crippen LogP contribution is -2.13. The first-order valence-corrected chi connectivity index (χ1v) is 10.00. The Balaban J connectivity index is 2.28. The third-order valence-corrected chi connectivity index (χ3v) is 5.12. The Kier molecular flexibility index (Phi) is 11.1. The van der Waals surface area contributed by atoms with Gasteiger partial charge in [0.25, 0.3) is 0 Å². The zero-order valence-corrected chi connectivity index (χ0v) is 15.7. The highest BCUT2D eigenvalue weighted by atomic mass is 16.4. The normalized spacial score (nSPS) is 20.4. The molecule has 0 aromatic rings. The third kappa shape index (κ3) is 9.57. The van der Waals surface area contributed by atoms with Gasteiger partial charge in [-0.25, -0.2) is 0 Å². The van der Waals surface area contributed by atoms with Crippen molar-refractivity contribution in [2.75, 3.05) is 0 Å². The molecule has 4 nitrogen and oxygen atoms in total. The number of rotatable bonds is 14. The number of carboxylic acids is 1. The lowest BCUT2D eigenvalue weighted by Gasteiger charge is -2.14. The maximum absolute atomic E-state index is 12.1. The van der Waals surface area contributed by atoms with Gasteiger partial charge in [0.05, 0.1) is 0 Å². The Labute approximate surface area is 152 Å². The first-order chi connectivity index (χ1) is 12.0. The van der Waals surface area contributed by atoms with Crippen LogP contribution in [-0.4, -0.2) is 22.6 Å². The average Bonchev–Trinajstić information content (AvgIpc) is 2.92. The fourth-order valence-electron chi connectivity index (χ4n) is 3.57. The lowest BCUT2D eigenvalue weighted by molar-refractivity contribution is -0.137. The van der Waals surface area contributed by atoms with E-state index in [9.17, 15) is 14.4 Å². The Bertz CT molecular complexity index is 453. The van der Waals surface area contributed by atoms with Crippen LogP contribution in [0.1, 0.15) is 90.4 Å². The van der Waals surface area contributed by atoms with E-state index < -0.39 is 5.97 Å². The van der Waals surface area contributed by atoms with Gasteiger partial charge in [-0.1, -0.05) is 51.5 Å². The van der Waals surface area contributed by atoms with Crippen molar-refractivity contribution in [3.05, 3.63) is 12.2 Å². The number of ketones is 2. The molecule has 1 fully saturated rings. The molecule has 0 radical (unpaired) electrons. The molecule has 4 heteroatoms. The maximum Gasteiger partial charge on any atom is 0.303 e. The summed E-state index contributed by atoms with van der Waals surface area (Å²) in [4.78, 5) is 34.5. The van der Waals surface area contributed by atoms with Crippen molar-refractivity contribution in [3.63, 3.8) is 0 Å². The number of unbranched alkanes of at least 4 members (excludes halogenated alkanes) is 6. The van der Waals surface area contributed by atoms with E-state index in [0.717, 1.165) is 38.5 Å². The van der Waals surface area contributed by atoms with Crippen LogP contribution in [-0.2, 0) is 14.4 Å². The number of hydrogen-bond acceptors (Lipinski definition) is 3. The van der Waals surface area contributed by atoms with E-state index >= 15 is 0 Å². The van der Waals surface area contributed by atoms with E-state index in [2.05, 4.69) is 6.92 Å². The highest BCUT2D eigenvalue weighted by Gasteiger charge is 2.32. The van der Waals surface area contributed by atoms with Gasteiger partial charge in [0.2, 0.25) is 0 Å². The van der Waals surface area contributed by atoms with Gasteiger partial charge in [-0.3, -0.25) is 14.4 Å². The van der Waals surface area contributed by atoms with Crippen LogP contribution in [0.5, 0.6) is 0 Å². The topological polar surface area (TPSA) is 71.4 Å². The summed E-state index contributed by atoms with van der Waals surface area (Å²) >= 11 is 0. The summed E-state index contributed by atoms with van der Waals surface area (Å²) in [6.45, 7) is 2.18. The van der Waals surface area contributed by atoms with Gasteiger partial charge in [0.15, 0.2) is 5.78 Å². The van der Waals surface area contributed by atoms with E-state index in [1.165, 1.54) is 19.3 Å². The third-order valence-electron chi connectivity index (χ3n) is 5.12. The molecular formula is C21H34O4. The van der Waals surface area contributed by atoms with E-state index in [-0.39, 0.29) is 24.0 Å². The summed E-state index contributed by atoms with van der Waals surface area (Å²) in [7, 11) is 0. The minimum Gasteiger partial charge on any atom is -0.481 e. The number of carbonyl (C=O) groups is 3. The first kappa shape index (κ1) is 21.6. The number of carbonyl (C=O) groups excluding carboxylic acids is 2. The van der Waals surface area contributed by atoms with Crippen molar-refractivity contribution in [3.8, 4) is 0 Å². The summed E-state index contributed by atoms with van der Waals surface area (Å²) in [5, 5.41) is 8.64. The minimum atomic E-state index is -0.758. The fraction of sp³-hybridized carbons (Fsp3) is 0.762.